The molecule has 0 spiro atoms. The molecule has 0 aromatic heterocycles. The van der Waals surface area contributed by atoms with Gasteiger partial charge in [0.1, 0.15) is 35.3 Å². The van der Waals surface area contributed by atoms with E-state index in [0.717, 1.165) is 22.4 Å². The Labute approximate surface area is 224 Å². The number of carbonyl (C=O) groups excluding carboxylic acids is 2. The second-order valence-electron chi connectivity index (χ2n) is 9.00. The van der Waals surface area contributed by atoms with Crippen LogP contribution in [0.2, 0.25) is 0 Å². The van der Waals surface area contributed by atoms with Crippen molar-refractivity contribution in [3.8, 4) is 28.7 Å². The molecule has 3 aromatic rings. The Hall–Kier alpha value is -4.20. The van der Waals surface area contributed by atoms with Crippen molar-refractivity contribution in [1.29, 1.82) is 0 Å². The Morgan fingerprint density at radius 2 is 1.45 bits per heavy atom. The van der Waals surface area contributed by atoms with Crippen LogP contribution in [0.1, 0.15) is 43.4 Å². The Balaban J connectivity index is 1.91. The lowest BCUT2D eigenvalue weighted by Crippen LogP contribution is -2.38. The normalized spacial score (nSPS) is 10.6. The number of ether oxygens (including phenoxy) is 5. The molecule has 3 rings (SSSR count). The summed E-state index contributed by atoms with van der Waals surface area (Å²) in [4.78, 5) is 26.8. The smallest absolute Gasteiger partial charge is 0.420 e. The summed E-state index contributed by atoms with van der Waals surface area (Å²) in [5.74, 6) is 2.80. The number of methoxy groups -OCH3 is 2. The molecule has 0 unspecified atom stereocenters. The highest BCUT2D eigenvalue weighted by molar-refractivity contribution is 5.94. The van der Waals surface area contributed by atoms with Gasteiger partial charge in [0, 0.05) is 11.3 Å². The zero-order valence-electron chi connectivity index (χ0n) is 23.0. The maximum Gasteiger partial charge on any atom is 0.420 e. The summed E-state index contributed by atoms with van der Waals surface area (Å²) < 4.78 is 27.5. The molecule has 38 heavy (non-hydrogen) atoms. The van der Waals surface area contributed by atoms with Crippen molar-refractivity contribution in [2.45, 2.75) is 40.5 Å². The van der Waals surface area contributed by atoms with Crippen LogP contribution in [0, 0.1) is 13.8 Å². The van der Waals surface area contributed by atoms with Gasteiger partial charge in [0.25, 0.3) is 0 Å². The van der Waals surface area contributed by atoms with Gasteiger partial charge in [-0.1, -0.05) is 13.8 Å². The molecule has 8 heteroatoms. The summed E-state index contributed by atoms with van der Waals surface area (Å²) in [6.45, 7) is 9.56. The number of amides is 1. The second kappa shape index (κ2) is 12.9. The third-order valence-electron chi connectivity index (χ3n) is 5.88. The van der Waals surface area contributed by atoms with Crippen molar-refractivity contribution in [1.82, 2.24) is 0 Å². The Bertz CT molecular complexity index is 1250. The van der Waals surface area contributed by atoms with Crippen LogP contribution in [0.25, 0.3) is 0 Å². The summed E-state index contributed by atoms with van der Waals surface area (Å²) in [5.41, 5.74) is 3.09. The topological polar surface area (TPSA) is 83.5 Å². The molecule has 0 N–H and O–H groups in total. The molecule has 8 nitrogen and oxygen atoms in total. The molecule has 0 atom stereocenters. The first-order chi connectivity index (χ1) is 18.2. The molecule has 0 bridgehead atoms. The van der Waals surface area contributed by atoms with E-state index in [1.54, 1.807) is 57.5 Å². The highest BCUT2D eigenvalue weighted by Crippen LogP contribution is 2.36. The fourth-order valence-corrected chi connectivity index (χ4v) is 3.99. The fraction of sp³-hybridized carbons (Fsp3) is 0.333. The van der Waals surface area contributed by atoms with Crippen LogP contribution >= 0.6 is 0 Å². The number of benzene rings is 3. The second-order valence-corrected chi connectivity index (χ2v) is 9.00. The molecule has 0 aliphatic heterocycles. The van der Waals surface area contributed by atoms with Crippen LogP contribution in [-0.2, 0) is 9.53 Å². The highest BCUT2D eigenvalue weighted by Gasteiger charge is 2.24. The minimum absolute atomic E-state index is 0.200. The SMILES string of the molecule is CCOC(=O)CN(C(=O)Oc1ccc(OC)cc1)c1cc(C)c(Oc2ccc(OC)c(C(C)C)c2)c(C)c1. The van der Waals surface area contributed by atoms with Gasteiger partial charge in [-0.15, -0.1) is 0 Å². The van der Waals surface area contributed by atoms with Crippen molar-refractivity contribution >= 4 is 17.7 Å². The van der Waals surface area contributed by atoms with E-state index in [1.165, 1.54) is 4.90 Å². The van der Waals surface area contributed by atoms with E-state index in [0.29, 0.717) is 28.7 Å². The first kappa shape index (κ1) is 28.4. The number of hydrogen-bond acceptors (Lipinski definition) is 7. The van der Waals surface area contributed by atoms with Gasteiger partial charge in [-0.25, -0.2) is 4.79 Å². The summed E-state index contributed by atoms with van der Waals surface area (Å²) in [6, 6.07) is 15.9. The van der Waals surface area contributed by atoms with Gasteiger partial charge in [-0.05, 0) is 92.4 Å². The molecule has 0 saturated carbocycles. The quantitative estimate of drug-likeness (QED) is 0.271. The van der Waals surface area contributed by atoms with E-state index < -0.39 is 12.1 Å². The third kappa shape index (κ3) is 6.97. The summed E-state index contributed by atoms with van der Waals surface area (Å²) in [7, 11) is 3.20. The standard InChI is InChI=1S/C30H35NO7/c1-8-36-28(32)18-31(30(33)38-24-11-9-23(34-6)10-12-24)22-15-20(4)29(21(5)16-22)37-25-13-14-27(35-7)26(17-25)19(2)3/h9-17,19H,8,18H2,1-7H3. The minimum Gasteiger partial charge on any atom is -0.497 e. The number of anilines is 1. The zero-order chi connectivity index (χ0) is 27.8. The van der Waals surface area contributed by atoms with E-state index in [1.807, 2.05) is 32.0 Å². The Morgan fingerprint density at radius 3 is 2.00 bits per heavy atom. The molecule has 202 valence electrons. The Morgan fingerprint density at radius 1 is 0.842 bits per heavy atom. The Kier molecular flexibility index (Phi) is 9.60. The first-order valence-electron chi connectivity index (χ1n) is 12.4. The van der Waals surface area contributed by atoms with Crippen LogP contribution in [0.15, 0.2) is 54.6 Å². The number of aryl methyl sites for hydroxylation is 2. The van der Waals surface area contributed by atoms with Gasteiger partial charge >= 0.3 is 12.1 Å². The van der Waals surface area contributed by atoms with Gasteiger partial charge in [0.2, 0.25) is 0 Å². The van der Waals surface area contributed by atoms with E-state index >= 15 is 0 Å². The molecule has 1 amide bonds. The largest absolute Gasteiger partial charge is 0.497 e. The lowest BCUT2D eigenvalue weighted by atomic mass is 10.0. The van der Waals surface area contributed by atoms with Gasteiger partial charge < -0.3 is 23.7 Å². The predicted octanol–water partition coefficient (Wildman–Crippen LogP) is 6.80. The minimum atomic E-state index is -0.715. The average Bonchev–Trinajstić information content (AvgIpc) is 2.89. The van der Waals surface area contributed by atoms with E-state index in [9.17, 15) is 9.59 Å². The van der Waals surface area contributed by atoms with E-state index in [-0.39, 0.29) is 19.1 Å². The number of esters is 1. The third-order valence-corrected chi connectivity index (χ3v) is 5.88. The van der Waals surface area contributed by atoms with Crippen molar-refractivity contribution in [2.24, 2.45) is 0 Å². The van der Waals surface area contributed by atoms with Gasteiger partial charge in [0.15, 0.2) is 0 Å². The van der Waals surface area contributed by atoms with Crippen molar-refractivity contribution in [3.05, 3.63) is 71.3 Å². The van der Waals surface area contributed by atoms with Gasteiger partial charge in [-0.2, -0.15) is 0 Å². The average molecular weight is 522 g/mol. The maximum atomic E-state index is 13.2. The van der Waals surface area contributed by atoms with Gasteiger partial charge in [0.05, 0.1) is 20.8 Å². The highest BCUT2D eigenvalue weighted by atomic mass is 16.6. The molecule has 0 radical (unpaired) electrons. The lowest BCUT2D eigenvalue weighted by Gasteiger charge is -2.23. The summed E-state index contributed by atoms with van der Waals surface area (Å²) in [5, 5.41) is 0. The van der Waals surface area contributed by atoms with Gasteiger partial charge in [-0.3, -0.25) is 9.69 Å². The zero-order valence-corrected chi connectivity index (χ0v) is 23.0. The van der Waals surface area contributed by atoms with E-state index in [2.05, 4.69) is 13.8 Å². The predicted molar refractivity (Wildman–Crippen MR) is 146 cm³/mol. The number of carbonyl (C=O) groups is 2. The van der Waals surface area contributed by atoms with Crippen molar-refractivity contribution in [2.75, 3.05) is 32.3 Å². The molecule has 0 aliphatic carbocycles. The molecule has 0 aliphatic rings. The number of hydrogen-bond donors (Lipinski definition) is 0. The molecular formula is C30H35NO7. The number of nitrogens with zero attached hydrogens (tertiary/aromatic N) is 1. The summed E-state index contributed by atoms with van der Waals surface area (Å²) >= 11 is 0. The van der Waals surface area contributed by atoms with E-state index in [4.69, 9.17) is 23.7 Å². The van der Waals surface area contributed by atoms with Crippen LogP contribution in [0.3, 0.4) is 0 Å². The van der Waals surface area contributed by atoms with Crippen LogP contribution in [0.5, 0.6) is 28.7 Å². The van der Waals surface area contributed by atoms with Crippen molar-refractivity contribution < 1.29 is 33.3 Å². The molecular weight excluding hydrogens is 486 g/mol. The monoisotopic (exact) mass is 521 g/mol. The maximum absolute atomic E-state index is 13.2. The molecule has 3 aromatic carbocycles. The lowest BCUT2D eigenvalue weighted by molar-refractivity contribution is -0.141. The molecule has 0 saturated heterocycles. The van der Waals surface area contributed by atoms with Crippen LogP contribution < -0.4 is 23.8 Å². The van der Waals surface area contributed by atoms with Crippen molar-refractivity contribution in [3.63, 3.8) is 0 Å². The first-order valence-corrected chi connectivity index (χ1v) is 12.4. The van der Waals surface area contributed by atoms with Crippen LogP contribution in [-0.4, -0.2) is 39.4 Å². The van der Waals surface area contributed by atoms with Crippen LogP contribution in [0.4, 0.5) is 10.5 Å². The number of rotatable bonds is 10. The fourth-order valence-electron chi connectivity index (χ4n) is 3.99. The summed E-state index contributed by atoms with van der Waals surface area (Å²) in [6.07, 6.45) is -0.715. The molecule has 0 heterocycles. The molecule has 0 fully saturated rings.